The summed E-state index contributed by atoms with van der Waals surface area (Å²) in [6, 6.07) is 9.21. The van der Waals surface area contributed by atoms with Crippen LogP contribution in [0.15, 0.2) is 30.3 Å². The second-order valence-corrected chi connectivity index (χ2v) is 4.82. The fraction of sp³-hybridized carbons (Fsp3) is 0.312. The first-order valence-electron chi connectivity index (χ1n) is 6.88. The van der Waals surface area contributed by atoms with E-state index in [4.69, 9.17) is 9.47 Å². The van der Waals surface area contributed by atoms with E-state index in [0.717, 1.165) is 11.3 Å². The lowest BCUT2D eigenvalue weighted by molar-refractivity contribution is 0.0594. The number of aromatic nitrogens is 2. The lowest BCUT2D eigenvalue weighted by Gasteiger charge is -2.17. The van der Waals surface area contributed by atoms with E-state index >= 15 is 0 Å². The van der Waals surface area contributed by atoms with E-state index in [-0.39, 0.29) is 11.7 Å². The summed E-state index contributed by atoms with van der Waals surface area (Å²) < 4.78 is 10.0. The number of ether oxygens (including phenoxy) is 2. The zero-order valence-electron chi connectivity index (χ0n) is 13.1. The van der Waals surface area contributed by atoms with Crippen molar-refractivity contribution in [1.29, 1.82) is 0 Å². The van der Waals surface area contributed by atoms with Gasteiger partial charge in [-0.1, -0.05) is 18.2 Å². The average Bonchev–Trinajstić information content (AvgIpc) is 2.53. The maximum Gasteiger partial charge on any atom is 0.356 e. The largest absolute Gasteiger partial charge is 0.496 e. The van der Waals surface area contributed by atoms with Crippen LogP contribution in [0, 0.1) is 6.92 Å². The van der Waals surface area contributed by atoms with Crippen LogP contribution in [-0.4, -0.2) is 30.2 Å². The SMILES string of the molecule is COC(=O)c1cc(C)nc(NC(C)c2ccccc2OC)n1. The summed E-state index contributed by atoms with van der Waals surface area (Å²) in [5, 5.41) is 3.18. The molecule has 1 N–H and O–H groups in total. The molecule has 0 aliphatic heterocycles. The molecule has 0 aliphatic rings. The molecule has 0 radical (unpaired) electrons. The van der Waals surface area contributed by atoms with Crippen LogP contribution in [0.5, 0.6) is 5.75 Å². The summed E-state index contributed by atoms with van der Waals surface area (Å²) in [4.78, 5) is 20.1. The molecule has 2 rings (SSSR count). The van der Waals surface area contributed by atoms with Crippen molar-refractivity contribution in [3.8, 4) is 5.75 Å². The number of anilines is 1. The summed E-state index contributed by atoms with van der Waals surface area (Å²) >= 11 is 0. The van der Waals surface area contributed by atoms with Crippen LogP contribution in [0.2, 0.25) is 0 Å². The van der Waals surface area contributed by atoms with E-state index in [1.54, 1.807) is 20.1 Å². The van der Waals surface area contributed by atoms with Crippen LogP contribution >= 0.6 is 0 Å². The second kappa shape index (κ2) is 6.89. The number of hydrogen-bond acceptors (Lipinski definition) is 6. The highest BCUT2D eigenvalue weighted by molar-refractivity contribution is 5.87. The molecule has 116 valence electrons. The maximum absolute atomic E-state index is 11.6. The van der Waals surface area contributed by atoms with Gasteiger partial charge in [-0.25, -0.2) is 14.8 Å². The number of aryl methyl sites for hydroxylation is 1. The fourth-order valence-corrected chi connectivity index (χ4v) is 2.14. The molecule has 1 atom stereocenters. The van der Waals surface area contributed by atoms with Gasteiger partial charge in [0.05, 0.1) is 20.3 Å². The zero-order chi connectivity index (χ0) is 16.1. The maximum atomic E-state index is 11.6. The summed E-state index contributed by atoms with van der Waals surface area (Å²) in [6.07, 6.45) is 0. The third-order valence-corrected chi connectivity index (χ3v) is 3.20. The first-order chi connectivity index (χ1) is 10.5. The minimum atomic E-state index is -0.488. The number of esters is 1. The molecule has 6 nitrogen and oxygen atoms in total. The second-order valence-electron chi connectivity index (χ2n) is 4.82. The van der Waals surface area contributed by atoms with Gasteiger partial charge >= 0.3 is 5.97 Å². The molecule has 2 aromatic rings. The van der Waals surface area contributed by atoms with Crippen molar-refractivity contribution >= 4 is 11.9 Å². The molecule has 0 fully saturated rings. The Morgan fingerprint density at radius 1 is 1.23 bits per heavy atom. The van der Waals surface area contributed by atoms with Gasteiger partial charge in [0, 0.05) is 11.3 Å². The highest BCUT2D eigenvalue weighted by Crippen LogP contribution is 2.26. The Labute approximate surface area is 129 Å². The Morgan fingerprint density at radius 2 is 1.95 bits per heavy atom. The van der Waals surface area contributed by atoms with Crippen molar-refractivity contribution in [2.24, 2.45) is 0 Å². The number of hydrogen-bond donors (Lipinski definition) is 1. The average molecular weight is 301 g/mol. The molecule has 0 aliphatic carbocycles. The Hall–Kier alpha value is -2.63. The van der Waals surface area contributed by atoms with Crippen LogP contribution in [0.1, 0.15) is 34.7 Å². The van der Waals surface area contributed by atoms with Crippen LogP contribution in [0.3, 0.4) is 0 Å². The molecule has 1 unspecified atom stereocenters. The summed E-state index contributed by atoms with van der Waals surface area (Å²) in [7, 11) is 2.95. The predicted octanol–water partition coefficient (Wildman–Crippen LogP) is 2.75. The molecule has 0 amide bonds. The molecular formula is C16H19N3O3. The van der Waals surface area contributed by atoms with Crippen molar-refractivity contribution in [2.45, 2.75) is 19.9 Å². The number of carbonyl (C=O) groups excluding carboxylic acids is 1. The molecular weight excluding hydrogens is 282 g/mol. The van der Waals surface area contributed by atoms with Crippen LogP contribution in [0.25, 0.3) is 0 Å². The van der Waals surface area contributed by atoms with Crippen LogP contribution < -0.4 is 10.1 Å². The van der Waals surface area contributed by atoms with Gasteiger partial charge in [0.2, 0.25) is 5.95 Å². The number of nitrogens with one attached hydrogen (secondary N) is 1. The topological polar surface area (TPSA) is 73.3 Å². The van der Waals surface area contributed by atoms with Gasteiger partial charge in [0.15, 0.2) is 5.69 Å². The Kier molecular flexibility index (Phi) is 4.93. The van der Waals surface area contributed by atoms with E-state index in [2.05, 4.69) is 15.3 Å². The minimum absolute atomic E-state index is 0.0801. The predicted molar refractivity (Wildman–Crippen MR) is 83.1 cm³/mol. The van der Waals surface area contributed by atoms with Crippen LogP contribution in [-0.2, 0) is 4.74 Å². The molecule has 1 aromatic heterocycles. The van der Waals surface area contributed by atoms with Gasteiger partial charge in [-0.05, 0) is 26.0 Å². The Bertz CT molecular complexity index is 673. The molecule has 1 heterocycles. The quantitative estimate of drug-likeness (QED) is 0.856. The molecule has 0 saturated heterocycles. The van der Waals surface area contributed by atoms with Gasteiger partial charge in [-0.3, -0.25) is 0 Å². The normalized spacial score (nSPS) is 11.6. The standard InChI is InChI=1S/C16H19N3O3/c1-10-9-13(15(20)22-4)19-16(17-10)18-11(2)12-7-5-6-8-14(12)21-3/h5-9,11H,1-4H3,(H,17,18,19). The zero-order valence-corrected chi connectivity index (χ0v) is 13.1. The smallest absolute Gasteiger partial charge is 0.356 e. The summed E-state index contributed by atoms with van der Waals surface area (Å²) in [5.74, 6) is 0.667. The number of nitrogens with zero attached hydrogens (tertiary/aromatic N) is 2. The lowest BCUT2D eigenvalue weighted by Crippen LogP contribution is -2.14. The highest BCUT2D eigenvalue weighted by Gasteiger charge is 2.15. The van der Waals surface area contributed by atoms with Crippen LogP contribution in [0.4, 0.5) is 5.95 Å². The van der Waals surface area contributed by atoms with Gasteiger partial charge < -0.3 is 14.8 Å². The summed E-state index contributed by atoms with van der Waals surface area (Å²) in [5.41, 5.74) is 1.89. The number of methoxy groups -OCH3 is 2. The first-order valence-corrected chi connectivity index (χ1v) is 6.88. The van der Waals surface area contributed by atoms with E-state index in [0.29, 0.717) is 11.6 Å². The number of rotatable bonds is 5. The molecule has 1 aromatic carbocycles. The fourth-order valence-electron chi connectivity index (χ4n) is 2.14. The van der Waals surface area contributed by atoms with Crippen molar-refractivity contribution in [3.63, 3.8) is 0 Å². The third-order valence-electron chi connectivity index (χ3n) is 3.20. The highest BCUT2D eigenvalue weighted by atomic mass is 16.5. The van der Waals surface area contributed by atoms with Gasteiger partial charge in [-0.15, -0.1) is 0 Å². The number of para-hydroxylation sites is 1. The number of benzene rings is 1. The van der Waals surface area contributed by atoms with Gasteiger partial charge in [0.25, 0.3) is 0 Å². The van der Waals surface area contributed by atoms with Crippen molar-refractivity contribution in [2.75, 3.05) is 19.5 Å². The number of carbonyl (C=O) groups is 1. The molecule has 0 spiro atoms. The van der Waals surface area contributed by atoms with E-state index in [1.807, 2.05) is 31.2 Å². The Balaban J connectivity index is 2.26. The molecule has 0 bridgehead atoms. The summed E-state index contributed by atoms with van der Waals surface area (Å²) in [6.45, 7) is 3.77. The molecule has 22 heavy (non-hydrogen) atoms. The van der Waals surface area contributed by atoms with Crippen molar-refractivity contribution < 1.29 is 14.3 Å². The van der Waals surface area contributed by atoms with Gasteiger partial charge in [0.1, 0.15) is 5.75 Å². The Morgan fingerprint density at radius 3 is 2.64 bits per heavy atom. The molecule has 0 saturated carbocycles. The monoisotopic (exact) mass is 301 g/mol. The minimum Gasteiger partial charge on any atom is -0.496 e. The van der Waals surface area contributed by atoms with E-state index in [1.165, 1.54) is 7.11 Å². The molecule has 6 heteroatoms. The first kappa shape index (κ1) is 15.8. The van der Waals surface area contributed by atoms with Crippen molar-refractivity contribution in [3.05, 3.63) is 47.3 Å². The van der Waals surface area contributed by atoms with E-state index < -0.39 is 5.97 Å². The van der Waals surface area contributed by atoms with Gasteiger partial charge in [-0.2, -0.15) is 0 Å². The third kappa shape index (κ3) is 3.52. The van der Waals surface area contributed by atoms with E-state index in [9.17, 15) is 4.79 Å². The lowest BCUT2D eigenvalue weighted by atomic mass is 10.1. The van der Waals surface area contributed by atoms with Crippen molar-refractivity contribution in [1.82, 2.24) is 9.97 Å².